The lowest BCUT2D eigenvalue weighted by molar-refractivity contribution is -0.0552. The highest BCUT2D eigenvalue weighted by Gasteiger charge is 2.67. The van der Waals surface area contributed by atoms with Crippen molar-refractivity contribution in [2.24, 2.45) is 10.8 Å². The maximum atomic E-state index is 13.3. The first-order valence-electron chi connectivity index (χ1n) is 9.60. The van der Waals surface area contributed by atoms with Crippen molar-refractivity contribution in [3.63, 3.8) is 0 Å². The summed E-state index contributed by atoms with van der Waals surface area (Å²) in [5.74, 6) is 0. The third kappa shape index (κ3) is 1.38. The topological polar surface area (TPSA) is 48.9 Å². The molecule has 0 spiro atoms. The fourth-order valence-electron chi connectivity index (χ4n) is 6.13. The molecule has 1 aromatic carbocycles. The van der Waals surface area contributed by atoms with E-state index in [0.29, 0.717) is 5.69 Å². The molecular formula is C21H21N3O2. The van der Waals surface area contributed by atoms with Gasteiger partial charge in [0, 0.05) is 10.8 Å². The van der Waals surface area contributed by atoms with Gasteiger partial charge in [-0.25, -0.2) is 23.5 Å². The fourth-order valence-corrected chi connectivity index (χ4v) is 6.13. The van der Waals surface area contributed by atoms with E-state index in [4.69, 9.17) is 0 Å². The minimum absolute atomic E-state index is 0.00204. The summed E-state index contributed by atoms with van der Waals surface area (Å²) >= 11 is 0. The predicted molar refractivity (Wildman–Crippen MR) is 98.6 cm³/mol. The smallest absolute Gasteiger partial charge is 0.245 e. The quantitative estimate of drug-likeness (QED) is 0.745. The number of aromatic nitrogens is 3. The van der Waals surface area contributed by atoms with Crippen molar-refractivity contribution in [3.05, 3.63) is 75.6 Å². The summed E-state index contributed by atoms with van der Waals surface area (Å²) in [6, 6.07) is 9.16. The second-order valence-corrected chi connectivity index (χ2v) is 8.17. The average molecular weight is 347 g/mol. The SMILES string of the molecule is O=c1n(-c2ccccc2)c(=O)n2n1[C@@H]1C=C[C@@H]2[C@]23C=C[C@]12CCCCC3. The van der Waals surface area contributed by atoms with Crippen LogP contribution in [0.15, 0.2) is 64.2 Å². The Balaban J connectivity index is 1.65. The highest BCUT2D eigenvalue weighted by atomic mass is 16.2. The first-order valence-corrected chi connectivity index (χ1v) is 9.60. The molecule has 3 aliphatic carbocycles. The Kier molecular flexibility index (Phi) is 2.57. The summed E-state index contributed by atoms with van der Waals surface area (Å²) < 4.78 is 4.82. The van der Waals surface area contributed by atoms with E-state index < -0.39 is 0 Å². The van der Waals surface area contributed by atoms with Gasteiger partial charge in [-0.15, -0.1) is 0 Å². The van der Waals surface area contributed by atoms with E-state index in [1.165, 1.54) is 23.8 Å². The molecule has 0 radical (unpaired) electrons. The van der Waals surface area contributed by atoms with Crippen LogP contribution in [0.25, 0.3) is 5.69 Å². The van der Waals surface area contributed by atoms with Gasteiger partial charge in [0.2, 0.25) is 0 Å². The van der Waals surface area contributed by atoms with Crippen molar-refractivity contribution in [1.29, 1.82) is 0 Å². The van der Waals surface area contributed by atoms with Gasteiger partial charge in [0.1, 0.15) is 0 Å². The van der Waals surface area contributed by atoms with Crippen molar-refractivity contribution in [3.8, 4) is 5.69 Å². The Morgan fingerprint density at radius 3 is 1.81 bits per heavy atom. The van der Waals surface area contributed by atoms with E-state index in [0.717, 1.165) is 12.8 Å². The minimum Gasteiger partial charge on any atom is -0.245 e. The Labute approximate surface area is 150 Å². The summed E-state index contributed by atoms with van der Waals surface area (Å²) in [4.78, 5) is 26.6. The van der Waals surface area contributed by atoms with Crippen molar-refractivity contribution < 1.29 is 0 Å². The van der Waals surface area contributed by atoms with E-state index in [-0.39, 0.29) is 34.3 Å². The molecule has 2 aromatic rings. The van der Waals surface area contributed by atoms with E-state index in [9.17, 15) is 9.59 Å². The van der Waals surface area contributed by atoms with Gasteiger partial charge in [-0.2, -0.15) is 0 Å². The van der Waals surface area contributed by atoms with Crippen LogP contribution < -0.4 is 11.4 Å². The predicted octanol–water partition coefficient (Wildman–Crippen LogP) is 2.97. The zero-order chi connectivity index (χ0) is 17.5. The van der Waals surface area contributed by atoms with Gasteiger partial charge in [-0.3, -0.25) is 0 Å². The van der Waals surface area contributed by atoms with E-state index >= 15 is 0 Å². The number of hydrogen-bond acceptors (Lipinski definition) is 2. The Morgan fingerprint density at radius 2 is 1.31 bits per heavy atom. The Morgan fingerprint density at radius 1 is 0.769 bits per heavy atom. The normalized spacial score (nSPS) is 36.0. The van der Waals surface area contributed by atoms with Gasteiger partial charge < -0.3 is 0 Å². The molecule has 0 unspecified atom stereocenters. The maximum absolute atomic E-state index is 13.3. The molecule has 0 amide bonds. The lowest BCUT2D eigenvalue weighted by Gasteiger charge is -2.64. The molecule has 3 heterocycles. The van der Waals surface area contributed by atoms with Crippen LogP contribution in [0.5, 0.6) is 0 Å². The zero-order valence-electron chi connectivity index (χ0n) is 14.5. The Bertz CT molecular complexity index is 1020. The molecule has 0 N–H and O–H groups in total. The van der Waals surface area contributed by atoms with Crippen molar-refractivity contribution in [1.82, 2.24) is 13.9 Å². The molecule has 2 aliphatic heterocycles. The number of rotatable bonds is 1. The molecule has 1 aromatic heterocycles. The van der Waals surface area contributed by atoms with E-state index in [1.54, 1.807) is 9.36 Å². The van der Waals surface area contributed by atoms with Gasteiger partial charge in [0.15, 0.2) is 0 Å². The molecular weight excluding hydrogens is 326 g/mol. The molecule has 1 fully saturated rings. The van der Waals surface area contributed by atoms with Crippen LogP contribution in [0.2, 0.25) is 0 Å². The minimum atomic E-state index is -0.215. The largest absolute Gasteiger partial charge is 0.352 e. The van der Waals surface area contributed by atoms with Gasteiger partial charge in [0.05, 0.1) is 17.8 Å². The van der Waals surface area contributed by atoms with Crippen LogP contribution in [-0.4, -0.2) is 13.9 Å². The summed E-state index contributed by atoms with van der Waals surface area (Å²) in [6.07, 6.45) is 14.9. The summed E-state index contributed by atoms with van der Waals surface area (Å²) in [6.45, 7) is 0. The number of allylic oxidation sites excluding steroid dienone is 4. The van der Waals surface area contributed by atoms with E-state index in [1.807, 2.05) is 30.3 Å². The van der Waals surface area contributed by atoms with Crippen LogP contribution in [0.4, 0.5) is 0 Å². The van der Waals surface area contributed by atoms with Crippen molar-refractivity contribution in [2.75, 3.05) is 0 Å². The first kappa shape index (κ1) is 14.6. The molecule has 0 saturated heterocycles. The standard InChI is InChI=1S/C21H21N3O2/c25-18-22(15-7-3-1-4-8-15)19(26)24-17-10-9-16(23(18)24)20-11-5-2-6-12-21(17,20)14-13-20/h1,3-4,7-10,13-14,16-17H,2,5-6,11-12H2/t16-,17-,20-,21+/m1/s1. The van der Waals surface area contributed by atoms with E-state index in [2.05, 4.69) is 24.3 Å². The lowest BCUT2D eigenvalue weighted by Crippen LogP contribution is -2.63. The number of para-hydroxylation sites is 1. The van der Waals surface area contributed by atoms with Crippen molar-refractivity contribution in [2.45, 2.75) is 44.2 Å². The summed E-state index contributed by atoms with van der Waals surface area (Å²) in [5.41, 5.74) is 0.220. The zero-order valence-corrected chi connectivity index (χ0v) is 14.5. The van der Waals surface area contributed by atoms with Crippen LogP contribution in [0.1, 0.15) is 44.2 Å². The third-order valence-electron chi connectivity index (χ3n) is 7.30. The molecule has 4 atom stereocenters. The molecule has 7 rings (SSSR count). The summed E-state index contributed by atoms with van der Waals surface area (Å²) in [7, 11) is 0. The Hall–Kier alpha value is -2.56. The molecule has 26 heavy (non-hydrogen) atoms. The van der Waals surface area contributed by atoms with Gasteiger partial charge in [0.25, 0.3) is 0 Å². The van der Waals surface area contributed by atoms with Gasteiger partial charge >= 0.3 is 11.4 Å². The highest BCUT2D eigenvalue weighted by Crippen LogP contribution is 2.71. The maximum Gasteiger partial charge on any atom is 0.352 e. The third-order valence-corrected chi connectivity index (χ3v) is 7.30. The second-order valence-electron chi connectivity index (χ2n) is 8.17. The second kappa shape index (κ2) is 4.58. The average Bonchev–Trinajstić information content (AvgIpc) is 2.82. The monoisotopic (exact) mass is 347 g/mol. The first-order chi connectivity index (χ1) is 12.7. The van der Waals surface area contributed by atoms with Crippen LogP contribution in [0, 0.1) is 10.8 Å². The van der Waals surface area contributed by atoms with Gasteiger partial charge in [-0.1, -0.05) is 61.8 Å². The van der Waals surface area contributed by atoms with Crippen LogP contribution in [0.3, 0.4) is 0 Å². The fraction of sp³-hybridized carbons (Fsp3) is 0.429. The molecule has 1 saturated carbocycles. The molecule has 132 valence electrons. The molecule has 5 nitrogen and oxygen atoms in total. The van der Waals surface area contributed by atoms with Gasteiger partial charge in [-0.05, 0) is 25.0 Å². The number of hydrogen-bond donors (Lipinski definition) is 0. The number of nitrogens with zero attached hydrogens (tertiary/aromatic N) is 3. The highest BCUT2D eigenvalue weighted by molar-refractivity contribution is 5.41. The van der Waals surface area contributed by atoms with Crippen LogP contribution >= 0.6 is 0 Å². The molecule has 2 bridgehead atoms. The molecule has 5 aliphatic rings. The lowest BCUT2D eigenvalue weighted by atomic mass is 9.44. The summed E-state index contributed by atoms with van der Waals surface area (Å²) in [5, 5.41) is 0. The number of benzene rings is 1. The molecule has 5 heteroatoms. The van der Waals surface area contributed by atoms with Crippen LogP contribution in [-0.2, 0) is 0 Å². The van der Waals surface area contributed by atoms with Crippen molar-refractivity contribution >= 4 is 0 Å².